The molecule has 1 saturated heterocycles. The van der Waals surface area contributed by atoms with E-state index in [9.17, 15) is 8.42 Å². The lowest BCUT2D eigenvalue weighted by atomic mass is 10.0. The molecule has 0 amide bonds. The zero-order valence-electron chi connectivity index (χ0n) is 9.71. The molecule has 4 nitrogen and oxygen atoms in total. The summed E-state index contributed by atoms with van der Waals surface area (Å²) < 4.78 is 26.1. The first-order valence-electron chi connectivity index (χ1n) is 5.69. The average Bonchev–Trinajstić information content (AvgIpc) is 2.39. The summed E-state index contributed by atoms with van der Waals surface area (Å²) in [4.78, 5) is 0.189. The summed E-state index contributed by atoms with van der Waals surface area (Å²) in [5.74, 6) is -0.215. The Balaban J connectivity index is 2.29. The topological polar surface area (TPSA) is 61.2 Å². The van der Waals surface area contributed by atoms with Gasteiger partial charge in [0.2, 0.25) is 10.0 Å². The van der Waals surface area contributed by atoms with Gasteiger partial charge >= 0.3 is 0 Å². The van der Waals surface area contributed by atoms with Gasteiger partial charge in [0, 0.05) is 18.1 Å². The van der Waals surface area contributed by atoms with Gasteiger partial charge in [-0.2, -0.15) is 9.57 Å². The number of nitriles is 1. The van der Waals surface area contributed by atoms with E-state index in [1.54, 1.807) is 12.1 Å². The first-order valence-corrected chi connectivity index (χ1v) is 7.51. The molecule has 1 atom stereocenters. The fraction of sp³-hybridized carbons (Fsp3) is 0.417. The van der Waals surface area contributed by atoms with E-state index in [1.165, 1.54) is 16.4 Å². The maximum Gasteiger partial charge on any atom is 0.243 e. The molecule has 2 rings (SSSR count). The molecule has 1 fully saturated rings. The summed E-state index contributed by atoms with van der Waals surface area (Å²) in [6.45, 7) is 0.734. The van der Waals surface area contributed by atoms with E-state index in [0.717, 1.165) is 12.8 Å². The van der Waals surface area contributed by atoms with Crippen LogP contribution in [0.2, 0.25) is 5.02 Å². The second-order valence-electron chi connectivity index (χ2n) is 4.29. The number of hydrogen-bond acceptors (Lipinski definition) is 3. The van der Waals surface area contributed by atoms with Gasteiger partial charge in [-0.1, -0.05) is 17.7 Å². The van der Waals surface area contributed by atoms with Crippen molar-refractivity contribution in [2.75, 3.05) is 13.1 Å². The van der Waals surface area contributed by atoms with E-state index in [4.69, 9.17) is 16.9 Å². The summed E-state index contributed by atoms with van der Waals surface area (Å²) in [5.41, 5.74) is 0. The van der Waals surface area contributed by atoms with E-state index in [0.29, 0.717) is 11.6 Å². The Labute approximate surface area is 112 Å². The van der Waals surface area contributed by atoms with E-state index in [2.05, 4.69) is 6.07 Å². The van der Waals surface area contributed by atoms with E-state index >= 15 is 0 Å². The highest BCUT2D eigenvalue weighted by Gasteiger charge is 2.30. The van der Waals surface area contributed by atoms with Crippen LogP contribution in [0.15, 0.2) is 29.2 Å². The van der Waals surface area contributed by atoms with Gasteiger partial charge in [-0.25, -0.2) is 8.42 Å². The van der Waals surface area contributed by atoms with Crippen molar-refractivity contribution < 1.29 is 8.42 Å². The summed E-state index contributed by atoms with van der Waals surface area (Å²) >= 11 is 5.81. The van der Waals surface area contributed by atoms with Crippen molar-refractivity contribution in [2.24, 2.45) is 5.92 Å². The quantitative estimate of drug-likeness (QED) is 0.837. The third-order valence-electron chi connectivity index (χ3n) is 3.00. The van der Waals surface area contributed by atoms with Crippen LogP contribution in [-0.2, 0) is 10.0 Å². The van der Waals surface area contributed by atoms with Crippen molar-refractivity contribution in [2.45, 2.75) is 17.7 Å². The van der Waals surface area contributed by atoms with E-state index in [-0.39, 0.29) is 17.4 Å². The van der Waals surface area contributed by atoms with E-state index in [1.807, 2.05) is 0 Å². The minimum Gasteiger partial charge on any atom is -0.207 e. The van der Waals surface area contributed by atoms with Gasteiger partial charge in [-0.3, -0.25) is 0 Å². The SMILES string of the molecule is N#CC1CCCN(S(=O)(=O)c2cccc(Cl)c2)C1. The third kappa shape index (κ3) is 2.66. The molecule has 0 aromatic heterocycles. The Kier molecular flexibility index (Phi) is 3.91. The molecule has 1 aromatic rings. The second kappa shape index (κ2) is 5.27. The minimum atomic E-state index is -3.53. The maximum atomic E-state index is 12.4. The van der Waals surface area contributed by atoms with Crippen LogP contribution >= 0.6 is 11.6 Å². The number of piperidine rings is 1. The van der Waals surface area contributed by atoms with Crippen molar-refractivity contribution in [3.63, 3.8) is 0 Å². The number of halogens is 1. The van der Waals surface area contributed by atoms with Gasteiger partial charge in [-0.05, 0) is 31.0 Å². The minimum absolute atomic E-state index is 0.189. The first-order chi connectivity index (χ1) is 8.54. The van der Waals surface area contributed by atoms with Crippen LogP contribution in [0.5, 0.6) is 0 Å². The van der Waals surface area contributed by atoms with Crippen molar-refractivity contribution in [1.29, 1.82) is 5.26 Å². The van der Waals surface area contributed by atoms with Crippen molar-refractivity contribution >= 4 is 21.6 Å². The molecule has 1 unspecified atom stereocenters. The summed E-state index contributed by atoms with van der Waals surface area (Å²) in [6, 6.07) is 8.34. The lowest BCUT2D eigenvalue weighted by molar-refractivity contribution is 0.305. The molecule has 96 valence electrons. The summed E-state index contributed by atoms with van der Waals surface area (Å²) in [5, 5.41) is 9.29. The Morgan fingerprint density at radius 3 is 2.89 bits per heavy atom. The highest BCUT2D eigenvalue weighted by molar-refractivity contribution is 7.89. The number of rotatable bonds is 2. The predicted octanol–water partition coefficient (Wildman–Crippen LogP) is 2.26. The van der Waals surface area contributed by atoms with Crippen LogP contribution < -0.4 is 0 Å². The largest absolute Gasteiger partial charge is 0.243 e. The van der Waals surface area contributed by atoms with E-state index < -0.39 is 10.0 Å². The normalized spacial score (nSPS) is 21.4. The molecule has 0 spiro atoms. The lowest BCUT2D eigenvalue weighted by Crippen LogP contribution is -2.39. The Morgan fingerprint density at radius 2 is 2.22 bits per heavy atom. The van der Waals surface area contributed by atoms with Crippen LogP contribution in [0.1, 0.15) is 12.8 Å². The van der Waals surface area contributed by atoms with Gasteiger partial charge in [0.05, 0.1) is 16.9 Å². The zero-order chi connectivity index (χ0) is 13.2. The third-order valence-corrected chi connectivity index (χ3v) is 5.10. The maximum absolute atomic E-state index is 12.4. The Bertz CT molecular complexity index is 580. The average molecular weight is 285 g/mol. The standard InChI is InChI=1S/C12H13ClN2O2S/c13-11-4-1-5-12(7-11)18(16,17)15-6-2-3-10(8-14)9-15/h1,4-5,7,10H,2-3,6,9H2. The van der Waals surface area contributed by atoms with Gasteiger partial charge in [0.1, 0.15) is 0 Å². The molecular weight excluding hydrogens is 272 g/mol. The van der Waals surface area contributed by atoms with Crippen molar-refractivity contribution in [1.82, 2.24) is 4.31 Å². The first kappa shape index (κ1) is 13.3. The van der Waals surface area contributed by atoms with Crippen molar-refractivity contribution in [3.8, 4) is 6.07 Å². The molecule has 0 bridgehead atoms. The molecule has 1 aromatic carbocycles. The van der Waals surface area contributed by atoms with Crippen molar-refractivity contribution in [3.05, 3.63) is 29.3 Å². The molecule has 1 aliphatic rings. The fourth-order valence-corrected chi connectivity index (χ4v) is 3.87. The summed E-state index contributed by atoms with van der Waals surface area (Å²) in [6.07, 6.45) is 1.48. The smallest absolute Gasteiger partial charge is 0.207 e. The molecule has 18 heavy (non-hydrogen) atoms. The van der Waals surface area contributed by atoms with Gasteiger partial charge < -0.3 is 0 Å². The molecule has 0 saturated carbocycles. The predicted molar refractivity (Wildman–Crippen MR) is 68.5 cm³/mol. The highest BCUT2D eigenvalue weighted by Crippen LogP contribution is 2.24. The van der Waals surface area contributed by atoms with Crippen LogP contribution in [0, 0.1) is 17.2 Å². The molecule has 0 aliphatic carbocycles. The Hall–Kier alpha value is -1.09. The Morgan fingerprint density at radius 1 is 1.44 bits per heavy atom. The lowest BCUT2D eigenvalue weighted by Gasteiger charge is -2.28. The number of sulfonamides is 1. The number of nitrogens with zero attached hydrogens (tertiary/aromatic N) is 2. The van der Waals surface area contributed by atoms with Gasteiger partial charge in [0.15, 0.2) is 0 Å². The van der Waals surface area contributed by atoms with Crippen LogP contribution in [0.3, 0.4) is 0 Å². The molecule has 6 heteroatoms. The fourth-order valence-electron chi connectivity index (χ4n) is 2.04. The second-order valence-corrected chi connectivity index (χ2v) is 6.66. The monoisotopic (exact) mass is 284 g/mol. The molecule has 1 heterocycles. The number of benzene rings is 1. The van der Waals surface area contributed by atoms with Crippen LogP contribution in [0.4, 0.5) is 0 Å². The van der Waals surface area contributed by atoms with Crippen LogP contribution in [-0.4, -0.2) is 25.8 Å². The molecule has 1 aliphatic heterocycles. The summed E-state index contributed by atoms with van der Waals surface area (Å²) in [7, 11) is -3.53. The van der Waals surface area contributed by atoms with Gasteiger partial charge in [-0.15, -0.1) is 0 Å². The number of hydrogen-bond donors (Lipinski definition) is 0. The molecular formula is C12H13ClN2O2S. The molecule has 0 N–H and O–H groups in total. The molecule has 0 radical (unpaired) electrons. The van der Waals surface area contributed by atoms with Crippen LogP contribution in [0.25, 0.3) is 0 Å². The zero-order valence-corrected chi connectivity index (χ0v) is 11.3. The highest BCUT2D eigenvalue weighted by atomic mass is 35.5. The van der Waals surface area contributed by atoms with Gasteiger partial charge in [0.25, 0.3) is 0 Å².